The van der Waals surface area contributed by atoms with Crippen molar-refractivity contribution in [1.82, 2.24) is 0 Å². The van der Waals surface area contributed by atoms with E-state index >= 15 is 0 Å². The van der Waals surface area contributed by atoms with Crippen molar-refractivity contribution in [3.8, 4) is 11.8 Å². The summed E-state index contributed by atoms with van der Waals surface area (Å²) in [7, 11) is 0. The third-order valence-electron chi connectivity index (χ3n) is 5.58. The third-order valence-corrected chi connectivity index (χ3v) is 5.58. The number of hydrogen-bond acceptors (Lipinski definition) is 5. The molecule has 1 N–H and O–H groups in total. The standard InChI is InChI=1S/C25H28O5/c1-17(26)30-23-19(14-18-8-5-4-6-9-18)12-13-20(27)10-7-11-21-22(23)25(21)28-15-24(2,3)16-29-25/h4-6,8-9,14,20,23,27H,7,10-11,15-16H2,1-3H3/b19-14+. The highest BCUT2D eigenvalue weighted by molar-refractivity contribution is 5.72. The van der Waals surface area contributed by atoms with Crippen molar-refractivity contribution in [2.45, 2.75) is 58.0 Å². The van der Waals surface area contributed by atoms with E-state index in [2.05, 4.69) is 25.7 Å². The van der Waals surface area contributed by atoms with Crippen LogP contribution in [0.5, 0.6) is 0 Å². The molecular weight excluding hydrogens is 380 g/mol. The van der Waals surface area contributed by atoms with Gasteiger partial charge in [-0.15, -0.1) is 0 Å². The number of carbonyl (C=O) groups excluding carboxylic acids is 1. The van der Waals surface area contributed by atoms with Gasteiger partial charge < -0.3 is 19.3 Å². The number of hydrogen-bond donors (Lipinski definition) is 1. The van der Waals surface area contributed by atoms with Gasteiger partial charge in [-0.05, 0) is 30.9 Å². The van der Waals surface area contributed by atoms with Crippen LogP contribution in [0.4, 0.5) is 0 Å². The number of benzene rings is 1. The second kappa shape index (κ2) is 8.03. The largest absolute Gasteiger partial charge is 0.452 e. The quantitative estimate of drug-likeness (QED) is 0.460. The number of ether oxygens (including phenoxy) is 3. The molecule has 158 valence electrons. The summed E-state index contributed by atoms with van der Waals surface area (Å²) in [6.07, 6.45) is 2.52. The van der Waals surface area contributed by atoms with Gasteiger partial charge in [-0.3, -0.25) is 4.79 Å². The zero-order chi connectivity index (χ0) is 21.4. The molecule has 1 fully saturated rings. The molecule has 2 aliphatic carbocycles. The second-order valence-electron chi connectivity index (χ2n) is 8.93. The van der Waals surface area contributed by atoms with Gasteiger partial charge in [-0.25, -0.2) is 0 Å². The number of esters is 1. The Balaban J connectivity index is 1.76. The lowest BCUT2D eigenvalue weighted by Gasteiger charge is -2.37. The van der Waals surface area contributed by atoms with Gasteiger partial charge in [-0.1, -0.05) is 56.0 Å². The zero-order valence-corrected chi connectivity index (χ0v) is 17.7. The first-order chi connectivity index (χ1) is 14.3. The van der Waals surface area contributed by atoms with E-state index in [1.165, 1.54) is 6.92 Å². The fourth-order valence-corrected chi connectivity index (χ4v) is 4.01. The van der Waals surface area contributed by atoms with Gasteiger partial charge >= 0.3 is 5.97 Å². The van der Waals surface area contributed by atoms with Gasteiger partial charge in [-0.2, -0.15) is 0 Å². The summed E-state index contributed by atoms with van der Waals surface area (Å²) < 4.78 is 18.3. The average Bonchev–Trinajstić information content (AvgIpc) is 3.32. The molecule has 2 unspecified atom stereocenters. The van der Waals surface area contributed by atoms with E-state index in [-0.39, 0.29) is 5.41 Å². The van der Waals surface area contributed by atoms with E-state index in [0.29, 0.717) is 31.6 Å². The lowest BCUT2D eigenvalue weighted by Crippen LogP contribution is -2.43. The van der Waals surface area contributed by atoms with Crippen LogP contribution < -0.4 is 0 Å². The molecule has 1 aromatic carbocycles. The van der Waals surface area contributed by atoms with E-state index < -0.39 is 24.0 Å². The first kappa shape index (κ1) is 20.9. The van der Waals surface area contributed by atoms with Crippen LogP contribution in [-0.4, -0.2) is 42.3 Å². The molecular formula is C25H28O5. The highest BCUT2D eigenvalue weighted by Crippen LogP contribution is 2.57. The van der Waals surface area contributed by atoms with Crippen molar-refractivity contribution in [2.24, 2.45) is 5.41 Å². The maximum Gasteiger partial charge on any atom is 0.303 e. The number of rotatable bonds is 2. The maximum atomic E-state index is 12.0. The highest BCUT2D eigenvalue weighted by atomic mass is 16.7. The minimum atomic E-state index is -0.914. The molecule has 5 heteroatoms. The van der Waals surface area contributed by atoms with E-state index in [1.54, 1.807) is 0 Å². The summed E-state index contributed by atoms with van der Waals surface area (Å²) in [5.41, 5.74) is 3.33. The number of carbonyl (C=O) groups is 1. The van der Waals surface area contributed by atoms with Gasteiger partial charge in [0.2, 0.25) is 5.79 Å². The molecule has 0 aromatic heterocycles. The van der Waals surface area contributed by atoms with Gasteiger partial charge in [0.05, 0.1) is 13.2 Å². The first-order valence-electron chi connectivity index (χ1n) is 10.5. The van der Waals surface area contributed by atoms with Crippen LogP contribution in [0.1, 0.15) is 45.6 Å². The van der Waals surface area contributed by atoms with E-state index in [4.69, 9.17) is 14.2 Å². The predicted molar refractivity (Wildman–Crippen MR) is 113 cm³/mol. The van der Waals surface area contributed by atoms with Crippen LogP contribution in [-0.2, 0) is 19.0 Å². The fraction of sp³-hybridized carbons (Fsp3) is 0.480. The monoisotopic (exact) mass is 408 g/mol. The van der Waals surface area contributed by atoms with Gasteiger partial charge in [0.25, 0.3) is 0 Å². The Kier molecular flexibility index (Phi) is 5.59. The van der Waals surface area contributed by atoms with E-state index in [0.717, 1.165) is 23.1 Å². The summed E-state index contributed by atoms with van der Waals surface area (Å²) >= 11 is 0. The molecule has 3 aliphatic rings. The number of aliphatic hydroxyl groups is 1. The normalized spacial score (nSPS) is 28.3. The Morgan fingerprint density at radius 1 is 1.23 bits per heavy atom. The fourth-order valence-electron chi connectivity index (χ4n) is 4.01. The van der Waals surface area contributed by atoms with Crippen LogP contribution >= 0.6 is 0 Å². The molecule has 4 rings (SSSR count). The molecule has 1 aromatic rings. The van der Waals surface area contributed by atoms with Crippen LogP contribution in [0.3, 0.4) is 0 Å². The molecule has 30 heavy (non-hydrogen) atoms. The summed E-state index contributed by atoms with van der Waals surface area (Å²) in [5, 5.41) is 10.3. The van der Waals surface area contributed by atoms with Crippen LogP contribution in [0.15, 0.2) is 47.1 Å². The number of aliphatic hydroxyl groups excluding tert-OH is 1. The van der Waals surface area contributed by atoms with Crippen LogP contribution in [0, 0.1) is 17.3 Å². The molecule has 0 saturated carbocycles. The summed E-state index contributed by atoms with van der Waals surface area (Å²) in [6.45, 7) is 6.70. The molecule has 0 radical (unpaired) electrons. The summed E-state index contributed by atoms with van der Waals surface area (Å²) in [5.74, 6) is 4.67. The highest BCUT2D eigenvalue weighted by Gasteiger charge is 2.62. The third kappa shape index (κ3) is 4.22. The van der Waals surface area contributed by atoms with E-state index in [9.17, 15) is 9.90 Å². The first-order valence-corrected chi connectivity index (χ1v) is 10.5. The van der Waals surface area contributed by atoms with Gasteiger partial charge in [0.1, 0.15) is 6.10 Å². The molecule has 1 spiro atoms. The van der Waals surface area contributed by atoms with Crippen LogP contribution in [0.2, 0.25) is 0 Å². The second-order valence-corrected chi connectivity index (χ2v) is 8.93. The minimum absolute atomic E-state index is 0.0757. The van der Waals surface area contributed by atoms with Crippen LogP contribution in [0.25, 0.3) is 6.08 Å². The lowest BCUT2D eigenvalue weighted by atomic mass is 9.95. The molecule has 1 aliphatic heterocycles. The van der Waals surface area contributed by atoms with Crippen molar-refractivity contribution >= 4 is 12.0 Å². The Morgan fingerprint density at radius 2 is 1.93 bits per heavy atom. The Labute approximate surface area is 177 Å². The molecule has 1 heterocycles. The van der Waals surface area contributed by atoms with Crippen molar-refractivity contribution in [2.75, 3.05) is 13.2 Å². The minimum Gasteiger partial charge on any atom is -0.452 e. The molecule has 0 amide bonds. The van der Waals surface area contributed by atoms with Crippen molar-refractivity contribution in [3.63, 3.8) is 0 Å². The smallest absolute Gasteiger partial charge is 0.303 e. The molecule has 1 saturated heterocycles. The predicted octanol–water partition coefficient (Wildman–Crippen LogP) is 3.63. The van der Waals surface area contributed by atoms with Gasteiger partial charge in [0, 0.05) is 29.1 Å². The Morgan fingerprint density at radius 3 is 2.60 bits per heavy atom. The Hall–Kier alpha value is -2.39. The molecule has 0 bridgehead atoms. The topological polar surface area (TPSA) is 65.0 Å². The summed E-state index contributed by atoms with van der Waals surface area (Å²) in [6, 6.07) is 9.74. The van der Waals surface area contributed by atoms with Crippen molar-refractivity contribution in [1.29, 1.82) is 0 Å². The van der Waals surface area contributed by atoms with Crippen molar-refractivity contribution < 1.29 is 24.1 Å². The molecule has 5 nitrogen and oxygen atoms in total. The van der Waals surface area contributed by atoms with Crippen molar-refractivity contribution in [3.05, 3.63) is 52.6 Å². The Bertz CT molecular complexity index is 935. The lowest BCUT2D eigenvalue weighted by molar-refractivity contribution is -0.237. The number of fused-ring (bicyclic) bond motifs is 2. The SMILES string of the molecule is CC(=O)OC1C2=C(CCCC(O)C#C/C1=C\c1ccccc1)C21OCC(C)(C)CO1. The van der Waals surface area contributed by atoms with E-state index in [1.807, 2.05) is 36.4 Å². The average molecular weight is 408 g/mol. The zero-order valence-electron chi connectivity index (χ0n) is 17.7. The summed E-state index contributed by atoms with van der Waals surface area (Å²) in [4.78, 5) is 12.0. The maximum absolute atomic E-state index is 12.0. The molecule has 2 atom stereocenters. The van der Waals surface area contributed by atoms with Gasteiger partial charge in [0.15, 0.2) is 6.10 Å².